The van der Waals surface area contributed by atoms with Gasteiger partial charge >= 0.3 is 11.6 Å². The number of hydrogen-bond acceptors (Lipinski definition) is 5. The maximum absolute atomic E-state index is 11.3. The lowest BCUT2D eigenvalue weighted by molar-refractivity contribution is -0.389. The van der Waals surface area contributed by atoms with Crippen molar-refractivity contribution in [2.75, 3.05) is 7.11 Å². The standard InChI is InChI=1S/C13H10N4O3/c1-20-10-5-3-9(4-6-10)11-12(17(18)19)16-8-2-7-14-13(16)15-11/h2-8H,1H3. The molecule has 0 saturated carbocycles. The average molecular weight is 270 g/mol. The number of benzene rings is 1. The van der Waals surface area contributed by atoms with Gasteiger partial charge in [0.25, 0.3) is 0 Å². The molecule has 0 unspecified atom stereocenters. The minimum atomic E-state index is -0.457. The van der Waals surface area contributed by atoms with Crippen molar-refractivity contribution in [2.24, 2.45) is 0 Å². The largest absolute Gasteiger partial charge is 0.497 e. The fourth-order valence-electron chi connectivity index (χ4n) is 1.99. The Morgan fingerprint density at radius 1 is 1.30 bits per heavy atom. The van der Waals surface area contributed by atoms with Crippen molar-refractivity contribution in [3.63, 3.8) is 0 Å². The summed E-state index contributed by atoms with van der Waals surface area (Å²) in [5, 5.41) is 11.3. The Bertz CT molecular complexity index is 780. The Hall–Kier alpha value is -2.96. The third kappa shape index (κ3) is 1.85. The van der Waals surface area contributed by atoms with Gasteiger partial charge in [0, 0.05) is 11.8 Å². The smallest absolute Gasteiger partial charge is 0.357 e. The molecule has 0 saturated heterocycles. The summed E-state index contributed by atoms with van der Waals surface area (Å²) in [6.07, 6.45) is 3.12. The summed E-state index contributed by atoms with van der Waals surface area (Å²) >= 11 is 0. The van der Waals surface area contributed by atoms with Crippen LogP contribution in [0.3, 0.4) is 0 Å². The van der Waals surface area contributed by atoms with Crippen molar-refractivity contribution >= 4 is 11.6 Å². The molecule has 0 aliphatic rings. The van der Waals surface area contributed by atoms with E-state index in [-0.39, 0.29) is 11.5 Å². The van der Waals surface area contributed by atoms with E-state index in [1.54, 1.807) is 49.8 Å². The van der Waals surface area contributed by atoms with E-state index in [1.807, 2.05) is 0 Å². The number of fused-ring (bicyclic) bond motifs is 1. The third-order valence-electron chi connectivity index (χ3n) is 2.91. The molecule has 0 aliphatic carbocycles. The summed E-state index contributed by atoms with van der Waals surface area (Å²) < 4.78 is 6.43. The van der Waals surface area contributed by atoms with Gasteiger partial charge in [-0.1, -0.05) is 0 Å². The van der Waals surface area contributed by atoms with Gasteiger partial charge in [0.05, 0.1) is 7.11 Å². The molecule has 0 spiro atoms. The molecule has 100 valence electrons. The lowest BCUT2D eigenvalue weighted by Crippen LogP contribution is -1.96. The van der Waals surface area contributed by atoms with Crippen molar-refractivity contribution in [3.05, 3.63) is 52.8 Å². The third-order valence-corrected chi connectivity index (χ3v) is 2.91. The van der Waals surface area contributed by atoms with Gasteiger partial charge in [-0.05, 0) is 35.3 Å². The molecule has 20 heavy (non-hydrogen) atoms. The number of rotatable bonds is 3. The fraction of sp³-hybridized carbons (Fsp3) is 0.0769. The van der Waals surface area contributed by atoms with Crippen molar-refractivity contribution in [3.8, 4) is 17.0 Å². The summed E-state index contributed by atoms with van der Waals surface area (Å²) in [7, 11) is 1.56. The maximum Gasteiger partial charge on any atom is 0.357 e. The molecule has 2 heterocycles. The van der Waals surface area contributed by atoms with Gasteiger partial charge < -0.3 is 14.9 Å². The fourth-order valence-corrected chi connectivity index (χ4v) is 1.99. The molecule has 0 fully saturated rings. The van der Waals surface area contributed by atoms with Crippen LogP contribution in [0.1, 0.15) is 0 Å². The predicted octanol–water partition coefficient (Wildman–Crippen LogP) is 2.31. The van der Waals surface area contributed by atoms with Gasteiger partial charge in [-0.15, -0.1) is 0 Å². The minimum absolute atomic E-state index is 0.0988. The van der Waals surface area contributed by atoms with Crippen LogP contribution in [-0.2, 0) is 0 Å². The van der Waals surface area contributed by atoms with Gasteiger partial charge in [-0.2, -0.15) is 14.4 Å². The molecule has 0 bridgehead atoms. The van der Waals surface area contributed by atoms with E-state index in [4.69, 9.17) is 4.74 Å². The summed E-state index contributed by atoms with van der Waals surface area (Å²) in [5.41, 5.74) is 0.930. The molecule has 2 aromatic heterocycles. The first kappa shape index (κ1) is 12.1. The van der Waals surface area contributed by atoms with Gasteiger partial charge in [-0.3, -0.25) is 0 Å². The molecule has 0 atom stereocenters. The van der Waals surface area contributed by atoms with Gasteiger partial charge in [0.15, 0.2) is 5.69 Å². The van der Waals surface area contributed by atoms with Crippen LogP contribution in [0.4, 0.5) is 5.82 Å². The van der Waals surface area contributed by atoms with Crippen molar-refractivity contribution < 1.29 is 9.66 Å². The topological polar surface area (TPSA) is 82.6 Å². The van der Waals surface area contributed by atoms with Crippen molar-refractivity contribution in [2.45, 2.75) is 0 Å². The molecule has 3 aromatic rings. The zero-order valence-corrected chi connectivity index (χ0v) is 10.6. The van der Waals surface area contributed by atoms with Crippen LogP contribution in [0.5, 0.6) is 5.75 Å². The zero-order valence-electron chi connectivity index (χ0n) is 10.6. The summed E-state index contributed by atoms with van der Waals surface area (Å²) in [6, 6.07) is 8.55. The van der Waals surface area contributed by atoms with E-state index in [1.165, 1.54) is 4.40 Å². The van der Waals surface area contributed by atoms with Crippen LogP contribution in [0, 0.1) is 10.1 Å². The normalized spacial score (nSPS) is 10.7. The second-order valence-corrected chi connectivity index (χ2v) is 4.06. The molecule has 0 aliphatic heterocycles. The first-order valence-corrected chi connectivity index (χ1v) is 5.82. The van der Waals surface area contributed by atoms with Crippen LogP contribution in [-0.4, -0.2) is 26.4 Å². The zero-order chi connectivity index (χ0) is 14.1. The summed E-state index contributed by atoms with van der Waals surface area (Å²) in [4.78, 5) is 19.1. The number of imidazole rings is 1. The molecule has 7 heteroatoms. The Morgan fingerprint density at radius 2 is 2.05 bits per heavy atom. The van der Waals surface area contributed by atoms with Crippen molar-refractivity contribution in [1.82, 2.24) is 14.4 Å². The van der Waals surface area contributed by atoms with E-state index in [0.717, 1.165) is 0 Å². The second kappa shape index (κ2) is 4.61. The highest BCUT2D eigenvalue weighted by Crippen LogP contribution is 2.30. The highest BCUT2D eigenvalue weighted by atomic mass is 16.6. The van der Waals surface area contributed by atoms with Gasteiger partial charge in [-0.25, -0.2) is 0 Å². The van der Waals surface area contributed by atoms with Crippen LogP contribution in [0.25, 0.3) is 17.0 Å². The molecular weight excluding hydrogens is 260 g/mol. The lowest BCUT2D eigenvalue weighted by Gasteiger charge is -2.01. The van der Waals surface area contributed by atoms with E-state index >= 15 is 0 Å². The van der Waals surface area contributed by atoms with Crippen LogP contribution < -0.4 is 4.74 Å². The molecular formula is C13H10N4O3. The average Bonchev–Trinajstić information content (AvgIpc) is 2.86. The molecule has 7 nitrogen and oxygen atoms in total. The van der Waals surface area contributed by atoms with Crippen LogP contribution >= 0.6 is 0 Å². The minimum Gasteiger partial charge on any atom is -0.497 e. The lowest BCUT2D eigenvalue weighted by atomic mass is 10.1. The van der Waals surface area contributed by atoms with Crippen LogP contribution in [0.2, 0.25) is 0 Å². The van der Waals surface area contributed by atoms with Gasteiger partial charge in [0.2, 0.25) is 0 Å². The Balaban J connectivity index is 2.23. The highest BCUT2D eigenvalue weighted by Gasteiger charge is 2.24. The molecule has 0 radical (unpaired) electrons. The van der Waals surface area contributed by atoms with E-state index in [9.17, 15) is 10.1 Å². The number of aromatic nitrogens is 3. The van der Waals surface area contributed by atoms with Crippen molar-refractivity contribution in [1.29, 1.82) is 0 Å². The predicted molar refractivity (Wildman–Crippen MR) is 71.6 cm³/mol. The van der Waals surface area contributed by atoms with E-state index in [0.29, 0.717) is 17.1 Å². The van der Waals surface area contributed by atoms with E-state index < -0.39 is 4.92 Å². The number of hydrogen-bond donors (Lipinski definition) is 0. The molecule has 1 aromatic carbocycles. The molecule has 0 N–H and O–H groups in total. The summed E-state index contributed by atoms with van der Waals surface area (Å²) in [6.45, 7) is 0. The Morgan fingerprint density at radius 3 is 2.70 bits per heavy atom. The van der Waals surface area contributed by atoms with E-state index in [2.05, 4.69) is 9.97 Å². The highest BCUT2D eigenvalue weighted by molar-refractivity contribution is 5.71. The first-order valence-electron chi connectivity index (χ1n) is 5.82. The Labute approximate surface area is 113 Å². The SMILES string of the molecule is COc1ccc(-c2nc3ncccn3c2[N+](=O)[O-])cc1. The number of ether oxygens (including phenoxy) is 1. The maximum atomic E-state index is 11.3. The first-order chi connectivity index (χ1) is 9.70. The molecule has 3 rings (SSSR count). The monoisotopic (exact) mass is 270 g/mol. The quantitative estimate of drug-likeness (QED) is 0.538. The van der Waals surface area contributed by atoms with Crippen LogP contribution in [0.15, 0.2) is 42.7 Å². The number of methoxy groups -OCH3 is 1. The Kier molecular flexibility index (Phi) is 2.79. The number of nitro groups is 1. The molecule has 0 amide bonds. The van der Waals surface area contributed by atoms with Gasteiger partial charge in [0.1, 0.15) is 11.9 Å². The summed E-state index contributed by atoms with van der Waals surface area (Å²) in [5.74, 6) is 0.876. The number of nitrogens with zero attached hydrogens (tertiary/aromatic N) is 4. The second-order valence-electron chi connectivity index (χ2n) is 4.06.